The molecular weight excluding hydrogens is 377 g/mol. The lowest BCUT2D eigenvalue weighted by Gasteiger charge is -2.03. The van der Waals surface area contributed by atoms with E-state index >= 15 is 0 Å². The van der Waals surface area contributed by atoms with Crippen LogP contribution in [0.2, 0.25) is 0 Å². The van der Waals surface area contributed by atoms with E-state index in [2.05, 4.69) is 36.3 Å². The highest BCUT2D eigenvalue weighted by molar-refractivity contribution is 9.10. The number of benzene rings is 2. The molecule has 24 heavy (non-hydrogen) atoms. The monoisotopic (exact) mass is 385 g/mol. The first-order valence-corrected chi connectivity index (χ1v) is 7.77. The number of nitrogens with zero attached hydrogens (tertiary/aromatic N) is 5. The molecule has 2 aromatic heterocycles. The molecule has 0 spiro atoms. The van der Waals surface area contributed by atoms with Gasteiger partial charge in [-0.3, -0.25) is 0 Å². The van der Waals surface area contributed by atoms with Crippen LogP contribution in [0.25, 0.3) is 28.5 Å². The van der Waals surface area contributed by atoms with Crippen molar-refractivity contribution < 1.29 is 8.91 Å². The van der Waals surface area contributed by atoms with Gasteiger partial charge in [0.2, 0.25) is 5.82 Å². The van der Waals surface area contributed by atoms with E-state index in [1.54, 1.807) is 18.5 Å². The minimum absolute atomic E-state index is 0.291. The summed E-state index contributed by atoms with van der Waals surface area (Å²) in [5.41, 5.74) is 1.90. The van der Waals surface area contributed by atoms with Gasteiger partial charge in [0, 0.05) is 10.0 Å². The Kier molecular flexibility index (Phi) is 3.66. The molecule has 0 fully saturated rings. The largest absolute Gasteiger partial charge is 0.334 e. The molecule has 2 aromatic carbocycles. The second-order valence-electron chi connectivity index (χ2n) is 4.88. The van der Waals surface area contributed by atoms with Gasteiger partial charge in [-0.25, -0.2) is 4.39 Å². The Morgan fingerprint density at radius 3 is 2.62 bits per heavy atom. The molecule has 2 heterocycles. The maximum atomic E-state index is 13.5. The molecule has 8 heteroatoms. The van der Waals surface area contributed by atoms with Crippen molar-refractivity contribution in [2.24, 2.45) is 0 Å². The van der Waals surface area contributed by atoms with Crippen LogP contribution in [0.4, 0.5) is 4.39 Å². The molecule has 0 amide bonds. The number of aromatic nitrogens is 5. The van der Waals surface area contributed by atoms with Crippen LogP contribution in [-0.4, -0.2) is 25.1 Å². The van der Waals surface area contributed by atoms with E-state index in [0.717, 1.165) is 0 Å². The van der Waals surface area contributed by atoms with Crippen LogP contribution in [0.1, 0.15) is 0 Å². The van der Waals surface area contributed by atoms with E-state index in [-0.39, 0.29) is 5.82 Å². The maximum Gasteiger partial charge on any atom is 0.260 e. The third kappa shape index (κ3) is 2.61. The summed E-state index contributed by atoms with van der Waals surface area (Å²) >= 11 is 3.37. The minimum Gasteiger partial charge on any atom is -0.334 e. The summed E-state index contributed by atoms with van der Waals surface area (Å²) in [6, 6.07) is 11.7. The molecule has 0 radical (unpaired) electrons. The van der Waals surface area contributed by atoms with Gasteiger partial charge in [0.1, 0.15) is 5.82 Å². The normalized spacial score (nSPS) is 10.9. The van der Waals surface area contributed by atoms with Crippen molar-refractivity contribution in [2.45, 2.75) is 0 Å². The molecule has 6 nitrogen and oxygen atoms in total. The Morgan fingerprint density at radius 1 is 1.00 bits per heavy atom. The second-order valence-corrected chi connectivity index (χ2v) is 5.74. The first-order chi connectivity index (χ1) is 11.7. The van der Waals surface area contributed by atoms with Crippen LogP contribution >= 0.6 is 15.9 Å². The van der Waals surface area contributed by atoms with Gasteiger partial charge in [0.25, 0.3) is 5.89 Å². The zero-order valence-electron chi connectivity index (χ0n) is 12.1. The van der Waals surface area contributed by atoms with Crippen LogP contribution in [0.15, 0.2) is 63.9 Å². The van der Waals surface area contributed by atoms with Crippen molar-refractivity contribution in [2.75, 3.05) is 0 Å². The molecule has 4 aromatic rings. The van der Waals surface area contributed by atoms with Crippen molar-refractivity contribution >= 4 is 15.9 Å². The average Bonchev–Trinajstić information content (AvgIpc) is 3.28. The Morgan fingerprint density at radius 2 is 1.79 bits per heavy atom. The lowest BCUT2D eigenvalue weighted by molar-refractivity contribution is 0.432. The molecule has 0 aliphatic carbocycles. The summed E-state index contributed by atoms with van der Waals surface area (Å²) < 4.78 is 19.5. The van der Waals surface area contributed by atoms with Crippen LogP contribution in [0.5, 0.6) is 0 Å². The van der Waals surface area contributed by atoms with Crippen molar-refractivity contribution in [3.05, 3.63) is 65.1 Å². The predicted molar refractivity (Wildman–Crippen MR) is 87.7 cm³/mol. The highest BCUT2D eigenvalue weighted by Crippen LogP contribution is 2.30. The highest BCUT2D eigenvalue weighted by atomic mass is 79.9. The summed E-state index contributed by atoms with van der Waals surface area (Å²) in [4.78, 5) is 5.85. The molecule has 0 saturated carbocycles. The lowest BCUT2D eigenvalue weighted by atomic mass is 10.1. The fraction of sp³-hybridized carbons (Fsp3) is 0. The van der Waals surface area contributed by atoms with Gasteiger partial charge in [-0.05, 0) is 30.3 Å². The number of rotatable bonds is 3. The molecule has 4 rings (SSSR count). The average molecular weight is 386 g/mol. The SMILES string of the molecule is Fc1ccc(Br)c(-c2noc(-c3ccccc3-n3nccn3)n2)c1. The number of hydrogen-bond acceptors (Lipinski definition) is 5. The van der Waals surface area contributed by atoms with Gasteiger partial charge in [-0.1, -0.05) is 33.2 Å². The van der Waals surface area contributed by atoms with E-state index in [0.29, 0.717) is 33.0 Å². The Bertz CT molecular complexity index is 999. The fourth-order valence-corrected chi connectivity index (χ4v) is 2.70. The van der Waals surface area contributed by atoms with Gasteiger partial charge >= 0.3 is 0 Å². The molecule has 118 valence electrons. The van der Waals surface area contributed by atoms with Gasteiger partial charge in [-0.2, -0.15) is 20.0 Å². The number of halogens is 2. The van der Waals surface area contributed by atoms with Crippen LogP contribution < -0.4 is 0 Å². The van der Waals surface area contributed by atoms with Gasteiger partial charge in [0.15, 0.2) is 0 Å². The van der Waals surface area contributed by atoms with E-state index in [1.165, 1.54) is 16.9 Å². The Hall–Kier alpha value is -2.87. The van der Waals surface area contributed by atoms with E-state index in [9.17, 15) is 4.39 Å². The standard InChI is InChI=1S/C16H9BrFN5O/c17-13-6-5-10(18)9-12(13)15-21-16(24-22-15)11-3-1-2-4-14(11)23-19-7-8-20-23/h1-9H. The van der Waals surface area contributed by atoms with Gasteiger partial charge in [-0.15, -0.1) is 0 Å². The van der Waals surface area contributed by atoms with Crippen LogP contribution in [0.3, 0.4) is 0 Å². The lowest BCUT2D eigenvalue weighted by Crippen LogP contribution is -2.00. The van der Waals surface area contributed by atoms with E-state index < -0.39 is 0 Å². The minimum atomic E-state index is -0.374. The topological polar surface area (TPSA) is 69.6 Å². The summed E-state index contributed by atoms with van der Waals surface area (Å²) in [5, 5.41) is 12.2. The van der Waals surface area contributed by atoms with Crippen molar-refractivity contribution in [3.63, 3.8) is 0 Å². The first-order valence-electron chi connectivity index (χ1n) is 6.97. The van der Waals surface area contributed by atoms with Crippen molar-refractivity contribution in [1.82, 2.24) is 25.1 Å². The molecule has 0 aliphatic rings. The molecule has 0 atom stereocenters. The Balaban J connectivity index is 1.81. The van der Waals surface area contributed by atoms with Gasteiger partial charge < -0.3 is 4.52 Å². The Labute approximate surface area is 144 Å². The van der Waals surface area contributed by atoms with Gasteiger partial charge in [0.05, 0.1) is 23.6 Å². The summed E-state index contributed by atoms with van der Waals surface area (Å²) in [6.45, 7) is 0. The number of hydrogen-bond donors (Lipinski definition) is 0. The summed E-state index contributed by atoms with van der Waals surface area (Å²) in [7, 11) is 0. The molecule has 0 saturated heterocycles. The maximum absolute atomic E-state index is 13.5. The van der Waals surface area contributed by atoms with E-state index in [1.807, 2.05) is 24.3 Å². The fourth-order valence-electron chi connectivity index (χ4n) is 2.28. The molecule has 0 aliphatic heterocycles. The zero-order valence-corrected chi connectivity index (χ0v) is 13.7. The molecule has 0 unspecified atom stereocenters. The zero-order chi connectivity index (χ0) is 16.5. The molecule has 0 N–H and O–H groups in total. The van der Waals surface area contributed by atoms with E-state index in [4.69, 9.17) is 4.52 Å². The number of para-hydroxylation sites is 1. The summed E-state index contributed by atoms with van der Waals surface area (Å²) in [5.74, 6) is 0.217. The second kappa shape index (κ2) is 5.97. The smallest absolute Gasteiger partial charge is 0.260 e. The highest BCUT2D eigenvalue weighted by Gasteiger charge is 2.17. The quantitative estimate of drug-likeness (QED) is 0.535. The summed E-state index contributed by atoms with van der Waals surface area (Å²) in [6.07, 6.45) is 3.17. The first kappa shape index (κ1) is 14.7. The third-order valence-electron chi connectivity index (χ3n) is 3.36. The third-order valence-corrected chi connectivity index (χ3v) is 4.06. The van der Waals surface area contributed by atoms with Crippen molar-refractivity contribution in [3.8, 4) is 28.5 Å². The van der Waals surface area contributed by atoms with Crippen molar-refractivity contribution in [1.29, 1.82) is 0 Å². The van der Waals surface area contributed by atoms with Crippen LogP contribution in [-0.2, 0) is 0 Å². The molecular formula is C16H9BrFN5O. The molecule has 0 bridgehead atoms. The predicted octanol–water partition coefficient (Wildman–Crippen LogP) is 3.89. The van der Waals surface area contributed by atoms with Crippen LogP contribution in [0, 0.1) is 5.82 Å².